The van der Waals surface area contributed by atoms with Gasteiger partial charge in [-0.25, -0.2) is 0 Å². The summed E-state index contributed by atoms with van der Waals surface area (Å²) >= 11 is 0. The molecule has 0 saturated heterocycles. The number of carboxylic acids is 1. The SMILES string of the molecule is [2H]OC(=O)C([2H])C([2H])([2H])CN([2H])C(C)(C)C. The van der Waals surface area contributed by atoms with Crippen molar-refractivity contribution in [1.29, 1.82) is 1.43 Å². The second-order valence-electron chi connectivity index (χ2n) is 3.15. The van der Waals surface area contributed by atoms with E-state index in [-0.39, 0.29) is 0 Å². The summed E-state index contributed by atoms with van der Waals surface area (Å²) in [7, 11) is 0. The Hall–Kier alpha value is -0.570. The highest BCUT2D eigenvalue weighted by Crippen LogP contribution is 1.98. The van der Waals surface area contributed by atoms with Crippen LogP contribution in [0.2, 0.25) is 1.41 Å². The Bertz CT molecular complexity index is 253. The van der Waals surface area contributed by atoms with Crippen LogP contribution in [0.25, 0.3) is 1.43 Å². The zero-order chi connectivity index (χ0) is 13.1. The number of hydrogen-bond donors (Lipinski definition) is 2. The maximum Gasteiger partial charge on any atom is 0.303 e. The molecule has 0 aliphatic heterocycles. The molecule has 0 fully saturated rings. The Labute approximate surface area is 75.0 Å². The second-order valence-corrected chi connectivity index (χ2v) is 3.15. The lowest BCUT2D eigenvalue weighted by atomic mass is 10.1. The van der Waals surface area contributed by atoms with E-state index >= 15 is 0 Å². The van der Waals surface area contributed by atoms with Crippen LogP contribution in [0.4, 0.5) is 0 Å². The van der Waals surface area contributed by atoms with Gasteiger partial charge in [-0.1, -0.05) is 0 Å². The molecule has 0 amide bonds. The normalized spacial score (nSPS) is 22.4. The van der Waals surface area contributed by atoms with Crippen molar-refractivity contribution in [2.45, 2.75) is 39.1 Å². The topological polar surface area (TPSA) is 49.3 Å². The standard InChI is InChI=1S/C8H17NO2/c1-8(2,3)9-6-4-5-7(10)11/h9H,4-6H2,1-3H3,(H,10,11)/i4D2,5D/hD2. The van der Waals surface area contributed by atoms with E-state index in [1.165, 1.54) is 0 Å². The van der Waals surface area contributed by atoms with Gasteiger partial charge in [0, 0.05) is 16.0 Å². The molecule has 0 radical (unpaired) electrons. The van der Waals surface area contributed by atoms with Gasteiger partial charge < -0.3 is 10.4 Å². The highest BCUT2D eigenvalue weighted by atomic mass is 16.4. The fraction of sp³-hybridized carbons (Fsp3) is 0.875. The van der Waals surface area contributed by atoms with E-state index < -0.39 is 30.8 Å². The fourth-order valence-corrected chi connectivity index (χ4v) is 0.412. The molecule has 66 valence electrons. The largest absolute Gasteiger partial charge is 0.481 e. The number of rotatable bonds is 4. The van der Waals surface area contributed by atoms with Crippen molar-refractivity contribution >= 4 is 5.97 Å². The van der Waals surface area contributed by atoms with Crippen molar-refractivity contribution in [3.8, 4) is 0 Å². The summed E-state index contributed by atoms with van der Waals surface area (Å²) in [5.41, 5.74) is -0.585. The van der Waals surface area contributed by atoms with E-state index in [0.29, 0.717) is 0 Å². The molecular formula is C8H17NO2. The quantitative estimate of drug-likeness (QED) is 0.657. The van der Waals surface area contributed by atoms with Crippen LogP contribution in [0.15, 0.2) is 0 Å². The Balaban J connectivity index is 4.63. The first-order chi connectivity index (χ1) is 7.02. The predicted molar refractivity (Wildman–Crippen MR) is 44.6 cm³/mol. The molecule has 0 rings (SSSR count). The molecule has 0 aromatic heterocycles. The molecule has 0 heterocycles. The third-order valence-electron chi connectivity index (χ3n) is 0.865. The Morgan fingerprint density at radius 3 is 2.91 bits per heavy atom. The van der Waals surface area contributed by atoms with E-state index in [0.717, 1.165) is 5.31 Å². The zero-order valence-electron chi connectivity index (χ0n) is 12.0. The van der Waals surface area contributed by atoms with Gasteiger partial charge in [-0.2, -0.15) is 0 Å². The first kappa shape index (κ1) is 4.45. The van der Waals surface area contributed by atoms with Crippen LogP contribution in [-0.4, -0.2) is 23.2 Å². The molecule has 2 N–H and O–H groups in total. The summed E-state index contributed by atoms with van der Waals surface area (Å²) in [6, 6.07) is 0. The first-order valence-electron chi connectivity index (χ1n) is 5.81. The predicted octanol–water partition coefficient (Wildman–Crippen LogP) is 1.24. The molecule has 0 saturated carbocycles. The van der Waals surface area contributed by atoms with Gasteiger partial charge >= 0.3 is 5.97 Å². The number of aliphatic carboxylic acids is 1. The minimum absolute atomic E-state index is 0.403. The summed E-state index contributed by atoms with van der Waals surface area (Å²) in [6.45, 7) is 4.76. The number of hydrogen-bond acceptors (Lipinski definition) is 3. The molecule has 0 aromatic carbocycles. The van der Waals surface area contributed by atoms with Crippen molar-refractivity contribution in [1.82, 2.24) is 5.31 Å². The monoisotopic (exact) mass is 164 g/mol. The lowest BCUT2D eigenvalue weighted by Gasteiger charge is -2.19. The second kappa shape index (κ2) is 4.34. The van der Waals surface area contributed by atoms with Crippen molar-refractivity contribution in [2.75, 3.05) is 6.54 Å². The highest BCUT2D eigenvalue weighted by Gasteiger charge is 2.07. The van der Waals surface area contributed by atoms with Crippen LogP contribution in [0.3, 0.4) is 0 Å². The molecule has 0 bridgehead atoms. The molecule has 0 aromatic rings. The van der Waals surface area contributed by atoms with E-state index in [2.05, 4.69) is 5.11 Å². The van der Waals surface area contributed by atoms with Gasteiger partial charge in [-0.15, -0.1) is 0 Å². The molecule has 3 heteroatoms. The summed E-state index contributed by atoms with van der Waals surface area (Å²) < 4.78 is 36.2. The van der Waals surface area contributed by atoms with Crippen LogP contribution >= 0.6 is 0 Å². The fourth-order valence-electron chi connectivity index (χ4n) is 0.412. The lowest BCUT2D eigenvalue weighted by Crippen LogP contribution is -2.36. The minimum Gasteiger partial charge on any atom is -0.481 e. The van der Waals surface area contributed by atoms with Crippen molar-refractivity contribution in [3.63, 3.8) is 0 Å². The van der Waals surface area contributed by atoms with E-state index in [1.54, 1.807) is 20.8 Å². The van der Waals surface area contributed by atoms with Gasteiger partial charge in [0.2, 0.25) is 0 Å². The van der Waals surface area contributed by atoms with Crippen molar-refractivity contribution in [2.24, 2.45) is 0 Å². The smallest absolute Gasteiger partial charge is 0.303 e. The Kier molecular flexibility index (Phi) is 1.76. The molecular weight excluding hydrogens is 142 g/mol. The maximum atomic E-state index is 10.9. The van der Waals surface area contributed by atoms with Gasteiger partial charge in [-0.05, 0) is 33.7 Å². The molecule has 0 aliphatic rings. The lowest BCUT2D eigenvalue weighted by molar-refractivity contribution is -0.137. The van der Waals surface area contributed by atoms with Gasteiger partial charge in [0.1, 0.15) is 1.41 Å². The minimum atomic E-state index is -2.23. The van der Waals surface area contributed by atoms with Crippen molar-refractivity contribution in [3.05, 3.63) is 0 Å². The van der Waals surface area contributed by atoms with Crippen molar-refractivity contribution < 1.29 is 15.4 Å². The average Bonchev–Trinajstić information content (AvgIpc) is 2.13. The molecule has 0 spiro atoms. The third-order valence-corrected chi connectivity index (χ3v) is 0.865. The van der Waals surface area contributed by atoms with E-state index in [1.807, 2.05) is 0 Å². The number of nitrogens with one attached hydrogen (secondary N) is 1. The Morgan fingerprint density at radius 2 is 2.45 bits per heavy atom. The molecule has 3 nitrogen and oxygen atoms in total. The van der Waals surface area contributed by atoms with E-state index in [4.69, 9.17) is 6.96 Å². The van der Waals surface area contributed by atoms with Crippen LogP contribution in [0.5, 0.6) is 0 Å². The summed E-state index contributed by atoms with van der Waals surface area (Å²) in [5.74, 6) is -1.26. The average molecular weight is 164 g/mol. The summed E-state index contributed by atoms with van der Waals surface area (Å²) in [6.07, 6.45) is -4.05. The van der Waals surface area contributed by atoms with Gasteiger partial charge in [-0.3, -0.25) is 4.79 Å². The van der Waals surface area contributed by atoms with Gasteiger partial charge in [0.05, 0.1) is 0 Å². The van der Waals surface area contributed by atoms with Crippen LogP contribution < -0.4 is 5.31 Å². The molecule has 1 unspecified atom stereocenters. The maximum absolute atomic E-state index is 10.9. The number of carbonyl (C=O) groups is 1. The van der Waals surface area contributed by atoms with Crippen LogP contribution in [0.1, 0.15) is 37.7 Å². The van der Waals surface area contributed by atoms with E-state index in [9.17, 15) is 4.79 Å². The summed E-state index contributed by atoms with van der Waals surface area (Å²) in [5, 5.41) is 4.53. The van der Waals surface area contributed by atoms with Gasteiger partial charge in [0.15, 0.2) is 0 Å². The highest BCUT2D eigenvalue weighted by molar-refractivity contribution is 5.66. The third kappa shape index (κ3) is 9.43. The van der Waals surface area contributed by atoms with Crippen LogP contribution in [0, 0.1) is 0 Å². The number of carboxylic acid groups (broad SMARTS) is 1. The zero-order valence-corrected chi connectivity index (χ0v) is 7.05. The Morgan fingerprint density at radius 1 is 1.82 bits per heavy atom. The molecule has 1 atom stereocenters. The van der Waals surface area contributed by atoms with Crippen LogP contribution in [-0.2, 0) is 4.79 Å². The molecule has 0 aliphatic carbocycles. The molecule has 11 heavy (non-hydrogen) atoms. The summed E-state index contributed by atoms with van der Waals surface area (Å²) in [4.78, 5) is 10.9. The first-order valence-corrected chi connectivity index (χ1v) is 3.38. The van der Waals surface area contributed by atoms with Gasteiger partial charge in [0.25, 0.3) is 1.43 Å².